The van der Waals surface area contributed by atoms with Crippen molar-refractivity contribution in [1.82, 2.24) is 5.43 Å². The van der Waals surface area contributed by atoms with E-state index in [1.54, 1.807) is 18.2 Å². The van der Waals surface area contributed by atoms with Gasteiger partial charge in [0.05, 0.1) is 13.2 Å². The predicted octanol–water partition coefficient (Wildman–Crippen LogP) is 3.19. The zero-order chi connectivity index (χ0) is 14.5. The second-order valence-electron chi connectivity index (χ2n) is 4.41. The Morgan fingerprint density at radius 3 is 2.55 bits per heavy atom. The molecule has 0 saturated heterocycles. The highest BCUT2D eigenvalue weighted by molar-refractivity contribution is 14.1. The van der Waals surface area contributed by atoms with Crippen molar-refractivity contribution < 1.29 is 9.13 Å². The van der Waals surface area contributed by atoms with Gasteiger partial charge < -0.3 is 4.74 Å². The lowest BCUT2D eigenvalue weighted by atomic mass is 9.99. The molecule has 3 nitrogen and oxygen atoms in total. The lowest BCUT2D eigenvalue weighted by Gasteiger charge is -2.17. The summed E-state index contributed by atoms with van der Waals surface area (Å²) in [5.41, 5.74) is 4.34. The zero-order valence-corrected chi connectivity index (χ0v) is 13.2. The summed E-state index contributed by atoms with van der Waals surface area (Å²) in [6, 6.07) is 13.0. The van der Waals surface area contributed by atoms with E-state index >= 15 is 0 Å². The Kier molecular flexibility index (Phi) is 5.33. The van der Waals surface area contributed by atoms with Crippen LogP contribution in [0.3, 0.4) is 0 Å². The third kappa shape index (κ3) is 3.47. The number of nitrogens with two attached hydrogens (primary N) is 1. The number of halogens is 2. The molecular formula is C15H16FIN2O. The molecule has 2 rings (SSSR count). The second kappa shape index (κ2) is 7.01. The molecule has 1 atom stereocenters. The lowest BCUT2D eigenvalue weighted by molar-refractivity contribution is 0.382. The van der Waals surface area contributed by atoms with Crippen molar-refractivity contribution >= 4 is 22.6 Å². The Morgan fingerprint density at radius 2 is 1.95 bits per heavy atom. The van der Waals surface area contributed by atoms with Gasteiger partial charge in [-0.25, -0.2) is 4.39 Å². The van der Waals surface area contributed by atoms with Crippen LogP contribution in [0.4, 0.5) is 4.39 Å². The van der Waals surface area contributed by atoms with Crippen molar-refractivity contribution in [3.05, 3.63) is 63.0 Å². The molecule has 1 unspecified atom stereocenters. The fourth-order valence-electron chi connectivity index (χ4n) is 2.06. The summed E-state index contributed by atoms with van der Waals surface area (Å²) in [4.78, 5) is 0. The van der Waals surface area contributed by atoms with Gasteiger partial charge in [0.15, 0.2) is 11.6 Å². The number of hydrazine groups is 1. The summed E-state index contributed by atoms with van der Waals surface area (Å²) in [5, 5.41) is 0. The zero-order valence-electron chi connectivity index (χ0n) is 11.1. The summed E-state index contributed by atoms with van der Waals surface area (Å²) in [5.74, 6) is 5.52. The number of hydrogen-bond donors (Lipinski definition) is 2. The van der Waals surface area contributed by atoms with Crippen LogP contribution in [0.2, 0.25) is 0 Å². The summed E-state index contributed by atoms with van der Waals surface area (Å²) >= 11 is 2.24. The van der Waals surface area contributed by atoms with Crippen molar-refractivity contribution in [3.63, 3.8) is 0 Å². The first-order valence-electron chi connectivity index (χ1n) is 6.18. The minimum atomic E-state index is -0.333. The van der Waals surface area contributed by atoms with Crippen LogP contribution >= 0.6 is 22.6 Å². The van der Waals surface area contributed by atoms with Gasteiger partial charge in [0, 0.05) is 3.57 Å². The number of methoxy groups -OCH3 is 1. The second-order valence-corrected chi connectivity index (χ2v) is 5.65. The highest BCUT2D eigenvalue weighted by Crippen LogP contribution is 2.25. The average Bonchev–Trinajstić information content (AvgIpc) is 2.47. The standard InChI is InChI=1S/C15H16FIN2O/c1-20-14-4-2-3-11(15(14)16)9-13(19-18)10-5-7-12(17)8-6-10/h2-8,13,19H,9,18H2,1H3. The molecule has 0 aliphatic carbocycles. The van der Waals surface area contributed by atoms with Crippen molar-refractivity contribution in [3.8, 4) is 5.75 Å². The lowest BCUT2D eigenvalue weighted by Crippen LogP contribution is -2.29. The Balaban J connectivity index is 2.24. The molecule has 0 radical (unpaired) electrons. The molecule has 5 heteroatoms. The number of benzene rings is 2. The minimum Gasteiger partial charge on any atom is -0.494 e. The van der Waals surface area contributed by atoms with Gasteiger partial charge in [0.2, 0.25) is 0 Å². The van der Waals surface area contributed by atoms with E-state index in [0.29, 0.717) is 12.0 Å². The van der Waals surface area contributed by atoms with Gasteiger partial charge in [-0.3, -0.25) is 11.3 Å². The maximum absolute atomic E-state index is 14.2. The van der Waals surface area contributed by atoms with Crippen LogP contribution < -0.4 is 16.0 Å². The Hall–Kier alpha value is -1.18. The van der Waals surface area contributed by atoms with E-state index < -0.39 is 0 Å². The molecule has 20 heavy (non-hydrogen) atoms. The summed E-state index contributed by atoms with van der Waals surface area (Å²) in [6.07, 6.45) is 0.458. The Bertz CT molecular complexity index is 575. The van der Waals surface area contributed by atoms with Gasteiger partial charge >= 0.3 is 0 Å². The fraction of sp³-hybridized carbons (Fsp3) is 0.200. The highest BCUT2D eigenvalue weighted by Gasteiger charge is 2.15. The first-order chi connectivity index (χ1) is 9.65. The number of rotatable bonds is 5. The normalized spacial score (nSPS) is 12.2. The maximum atomic E-state index is 14.2. The topological polar surface area (TPSA) is 47.3 Å². The van der Waals surface area contributed by atoms with Gasteiger partial charge in [-0.05, 0) is 58.3 Å². The third-order valence-corrected chi connectivity index (χ3v) is 3.88. The molecular weight excluding hydrogens is 370 g/mol. The number of ether oxygens (including phenoxy) is 1. The van der Waals surface area contributed by atoms with E-state index in [-0.39, 0.29) is 17.6 Å². The van der Waals surface area contributed by atoms with Crippen LogP contribution in [0.15, 0.2) is 42.5 Å². The molecule has 0 aliphatic heterocycles. The van der Waals surface area contributed by atoms with E-state index in [1.807, 2.05) is 24.3 Å². The highest BCUT2D eigenvalue weighted by atomic mass is 127. The molecule has 0 bridgehead atoms. The molecule has 0 amide bonds. The van der Waals surface area contributed by atoms with Crippen molar-refractivity contribution in [2.24, 2.45) is 5.84 Å². The molecule has 0 heterocycles. The first-order valence-corrected chi connectivity index (χ1v) is 7.26. The quantitative estimate of drug-likeness (QED) is 0.472. The van der Waals surface area contributed by atoms with Gasteiger partial charge in [-0.1, -0.05) is 24.3 Å². The summed E-state index contributed by atoms with van der Waals surface area (Å²) in [6.45, 7) is 0. The van der Waals surface area contributed by atoms with Crippen LogP contribution in [0.1, 0.15) is 17.2 Å². The van der Waals surface area contributed by atoms with Crippen LogP contribution in [-0.4, -0.2) is 7.11 Å². The molecule has 0 fully saturated rings. The molecule has 2 aromatic rings. The van der Waals surface area contributed by atoms with Crippen molar-refractivity contribution in [2.75, 3.05) is 7.11 Å². The molecule has 3 N–H and O–H groups in total. The predicted molar refractivity (Wildman–Crippen MR) is 85.9 cm³/mol. The van der Waals surface area contributed by atoms with Crippen LogP contribution in [0, 0.1) is 9.39 Å². The molecule has 0 saturated carbocycles. The minimum absolute atomic E-state index is 0.145. The largest absolute Gasteiger partial charge is 0.494 e. The SMILES string of the molecule is COc1cccc(CC(NN)c2ccc(I)cc2)c1F. The number of hydrogen-bond acceptors (Lipinski definition) is 3. The molecule has 0 aliphatic rings. The smallest absolute Gasteiger partial charge is 0.168 e. The molecule has 0 spiro atoms. The van der Waals surface area contributed by atoms with E-state index in [4.69, 9.17) is 10.6 Å². The van der Waals surface area contributed by atoms with E-state index in [9.17, 15) is 4.39 Å². The van der Waals surface area contributed by atoms with Gasteiger partial charge in [-0.2, -0.15) is 0 Å². The van der Waals surface area contributed by atoms with E-state index in [2.05, 4.69) is 28.0 Å². The first kappa shape index (κ1) is 15.2. The van der Waals surface area contributed by atoms with Gasteiger partial charge in [-0.15, -0.1) is 0 Å². The van der Waals surface area contributed by atoms with Gasteiger partial charge in [0.1, 0.15) is 0 Å². The monoisotopic (exact) mass is 386 g/mol. The summed E-state index contributed by atoms with van der Waals surface area (Å²) < 4.78 is 20.3. The average molecular weight is 386 g/mol. The van der Waals surface area contributed by atoms with E-state index in [0.717, 1.165) is 9.13 Å². The Morgan fingerprint density at radius 1 is 1.25 bits per heavy atom. The maximum Gasteiger partial charge on any atom is 0.168 e. The van der Waals surface area contributed by atoms with Crippen LogP contribution in [0.25, 0.3) is 0 Å². The van der Waals surface area contributed by atoms with Crippen molar-refractivity contribution in [1.29, 1.82) is 0 Å². The number of nitrogens with one attached hydrogen (secondary N) is 1. The third-order valence-electron chi connectivity index (χ3n) is 3.16. The van der Waals surface area contributed by atoms with Crippen molar-refractivity contribution in [2.45, 2.75) is 12.5 Å². The molecule has 106 valence electrons. The van der Waals surface area contributed by atoms with Crippen LogP contribution in [-0.2, 0) is 6.42 Å². The van der Waals surface area contributed by atoms with Gasteiger partial charge in [0.25, 0.3) is 0 Å². The Labute approximate surface area is 131 Å². The van der Waals surface area contributed by atoms with E-state index in [1.165, 1.54) is 7.11 Å². The summed E-state index contributed by atoms with van der Waals surface area (Å²) in [7, 11) is 1.46. The fourth-order valence-corrected chi connectivity index (χ4v) is 2.42. The molecule has 2 aromatic carbocycles. The van der Waals surface area contributed by atoms with Crippen LogP contribution in [0.5, 0.6) is 5.75 Å². The molecule has 0 aromatic heterocycles.